The zero-order valence-electron chi connectivity index (χ0n) is 36.7. The van der Waals surface area contributed by atoms with Gasteiger partial charge in [-0.3, -0.25) is 0 Å². The molecule has 1 aromatic heterocycles. The van der Waals surface area contributed by atoms with Gasteiger partial charge in [-0.15, -0.1) is 0 Å². The number of nitrogens with zero attached hydrogens (tertiary/aromatic N) is 1. The Morgan fingerprint density at radius 3 is 1.54 bits per heavy atom. The Morgan fingerprint density at radius 1 is 0.313 bits per heavy atom. The minimum atomic E-state index is -0.544. The molecule has 0 bridgehead atoms. The highest BCUT2D eigenvalue weighted by Crippen LogP contribution is 2.59. The van der Waals surface area contributed by atoms with Gasteiger partial charge in [-0.25, -0.2) is 0 Å². The Labute approximate surface area is 390 Å². The van der Waals surface area contributed by atoms with E-state index in [1.54, 1.807) is 0 Å². The summed E-state index contributed by atoms with van der Waals surface area (Å²) < 4.78 is 6.84. The van der Waals surface area contributed by atoms with Crippen LogP contribution in [0.5, 0.6) is 0 Å². The van der Waals surface area contributed by atoms with E-state index in [0.29, 0.717) is 0 Å². The Hall–Kier alpha value is -8.72. The maximum atomic E-state index is 6.84. The molecule has 67 heavy (non-hydrogen) atoms. The van der Waals surface area contributed by atoms with Crippen LogP contribution in [0.15, 0.2) is 265 Å². The molecule has 13 rings (SSSR count). The fraction of sp³-hybridized carbons (Fsp3) is 0.0154. The molecule has 0 saturated carbocycles. The first-order chi connectivity index (χ1) is 33.2. The third kappa shape index (κ3) is 6.18. The minimum Gasteiger partial charge on any atom is -0.455 e. The molecule has 0 aliphatic heterocycles. The summed E-state index contributed by atoms with van der Waals surface area (Å²) in [5.74, 6) is 0. The van der Waals surface area contributed by atoms with Crippen LogP contribution in [0.3, 0.4) is 0 Å². The summed E-state index contributed by atoms with van der Waals surface area (Å²) in [5.41, 5.74) is 18.8. The molecule has 1 aliphatic rings. The van der Waals surface area contributed by atoms with Crippen molar-refractivity contribution in [1.82, 2.24) is 0 Å². The van der Waals surface area contributed by atoms with Crippen molar-refractivity contribution in [3.8, 4) is 44.5 Å². The highest BCUT2D eigenvalue weighted by molar-refractivity contribution is 6.17. The van der Waals surface area contributed by atoms with Crippen molar-refractivity contribution in [2.45, 2.75) is 5.41 Å². The highest BCUT2D eigenvalue weighted by Gasteiger charge is 2.47. The molecule has 11 aromatic carbocycles. The van der Waals surface area contributed by atoms with Crippen molar-refractivity contribution < 1.29 is 4.42 Å². The third-order valence-electron chi connectivity index (χ3n) is 13.9. The molecule has 314 valence electrons. The second-order valence-electron chi connectivity index (χ2n) is 17.6. The molecular weight excluding hydrogens is 811 g/mol. The molecule has 0 fully saturated rings. The largest absolute Gasteiger partial charge is 0.455 e. The van der Waals surface area contributed by atoms with Gasteiger partial charge in [0.05, 0.1) is 11.1 Å². The minimum absolute atomic E-state index is 0.544. The molecule has 0 spiro atoms. The zero-order chi connectivity index (χ0) is 44.3. The van der Waals surface area contributed by atoms with Crippen molar-refractivity contribution in [3.05, 3.63) is 283 Å². The average Bonchev–Trinajstić information content (AvgIpc) is 3.95. The summed E-state index contributed by atoms with van der Waals surface area (Å²) in [6, 6.07) is 95.1. The predicted octanol–water partition coefficient (Wildman–Crippen LogP) is 17.6. The van der Waals surface area contributed by atoms with E-state index in [1.165, 1.54) is 49.9 Å². The molecule has 0 saturated heterocycles. The van der Waals surface area contributed by atoms with E-state index in [4.69, 9.17) is 4.42 Å². The molecule has 0 N–H and O–H groups in total. The lowest BCUT2D eigenvalue weighted by molar-refractivity contribution is 0.674. The van der Waals surface area contributed by atoms with Gasteiger partial charge in [0.25, 0.3) is 0 Å². The SMILES string of the molecule is c1ccc(-c2cc(-c3ccccc3)cc(N(c3ccc(-c4cccc5c4oc4c6ccccc6ccc54)cc3)c3cccc4c3-c3ccccc3C4(c3ccccc3)c3ccccc3)c2)cc1. The second-order valence-corrected chi connectivity index (χ2v) is 17.6. The maximum Gasteiger partial charge on any atom is 0.143 e. The summed E-state index contributed by atoms with van der Waals surface area (Å²) in [6.45, 7) is 0. The summed E-state index contributed by atoms with van der Waals surface area (Å²) in [7, 11) is 0. The van der Waals surface area contributed by atoms with Gasteiger partial charge >= 0.3 is 0 Å². The van der Waals surface area contributed by atoms with Gasteiger partial charge in [0.1, 0.15) is 11.2 Å². The monoisotopic (exact) mass is 853 g/mol. The van der Waals surface area contributed by atoms with Crippen LogP contribution in [0.4, 0.5) is 17.1 Å². The lowest BCUT2D eigenvalue weighted by Crippen LogP contribution is -2.28. The number of rotatable bonds is 8. The first-order valence-electron chi connectivity index (χ1n) is 23.1. The standard InChI is InChI=1S/C65H43NO/c1-5-19-44(20-6-1)48-41-49(45-21-7-2-8-22-45)43-53(42-48)66(52-38-35-47(36-39-52)55-30-17-31-56-57-40-37-46-23-13-14-28-54(46)64(57)67-63(55)56)61-34-18-33-60-62(61)58-29-15-16-32-59(58)65(60,50-24-9-3-10-25-50)51-26-11-4-12-27-51/h1-43H. The van der Waals surface area contributed by atoms with Crippen LogP contribution < -0.4 is 4.90 Å². The Morgan fingerprint density at radius 2 is 0.851 bits per heavy atom. The normalized spacial score (nSPS) is 12.6. The fourth-order valence-corrected chi connectivity index (χ4v) is 11.0. The number of hydrogen-bond acceptors (Lipinski definition) is 2. The van der Waals surface area contributed by atoms with Crippen LogP contribution in [-0.2, 0) is 5.41 Å². The van der Waals surface area contributed by atoms with E-state index >= 15 is 0 Å². The highest BCUT2D eigenvalue weighted by atomic mass is 16.3. The molecule has 2 heteroatoms. The summed E-state index contributed by atoms with van der Waals surface area (Å²) >= 11 is 0. The van der Waals surface area contributed by atoms with Gasteiger partial charge in [-0.1, -0.05) is 218 Å². The number of para-hydroxylation sites is 1. The van der Waals surface area contributed by atoms with Crippen molar-refractivity contribution in [3.63, 3.8) is 0 Å². The molecule has 0 radical (unpaired) electrons. The Balaban J connectivity index is 1.06. The first-order valence-corrected chi connectivity index (χ1v) is 23.1. The molecule has 2 nitrogen and oxygen atoms in total. The number of anilines is 3. The molecule has 0 atom stereocenters. The number of benzene rings is 11. The lowest BCUT2D eigenvalue weighted by atomic mass is 9.68. The van der Waals surface area contributed by atoms with Crippen molar-refractivity contribution >= 4 is 49.8 Å². The number of hydrogen-bond donors (Lipinski definition) is 0. The van der Waals surface area contributed by atoms with Gasteiger partial charge in [-0.05, 0) is 103 Å². The maximum absolute atomic E-state index is 6.84. The van der Waals surface area contributed by atoms with E-state index in [2.05, 4.69) is 266 Å². The Kier molecular flexibility index (Phi) is 9.11. The second kappa shape index (κ2) is 15.8. The van der Waals surface area contributed by atoms with Gasteiger partial charge in [0, 0.05) is 38.7 Å². The fourth-order valence-electron chi connectivity index (χ4n) is 11.0. The summed E-state index contributed by atoms with van der Waals surface area (Å²) in [6.07, 6.45) is 0. The predicted molar refractivity (Wildman–Crippen MR) is 280 cm³/mol. The summed E-state index contributed by atoms with van der Waals surface area (Å²) in [4.78, 5) is 2.48. The number of fused-ring (bicyclic) bond motifs is 8. The molecule has 1 aliphatic carbocycles. The van der Waals surface area contributed by atoms with Gasteiger partial charge in [-0.2, -0.15) is 0 Å². The van der Waals surface area contributed by atoms with Gasteiger partial charge in [0.2, 0.25) is 0 Å². The van der Waals surface area contributed by atoms with Gasteiger partial charge < -0.3 is 9.32 Å². The smallest absolute Gasteiger partial charge is 0.143 e. The molecule has 12 aromatic rings. The van der Waals surface area contributed by atoms with E-state index in [9.17, 15) is 0 Å². The van der Waals surface area contributed by atoms with Crippen LogP contribution in [0, 0.1) is 0 Å². The quantitative estimate of drug-likeness (QED) is 0.151. The topological polar surface area (TPSA) is 16.4 Å². The van der Waals surface area contributed by atoms with E-state index in [-0.39, 0.29) is 0 Å². The van der Waals surface area contributed by atoms with Crippen molar-refractivity contribution in [2.24, 2.45) is 0 Å². The van der Waals surface area contributed by atoms with Gasteiger partial charge in [0.15, 0.2) is 0 Å². The van der Waals surface area contributed by atoms with Crippen LogP contribution in [0.1, 0.15) is 22.3 Å². The molecule has 1 heterocycles. The van der Waals surface area contributed by atoms with Crippen LogP contribution in [0.2, 0.25) is 0 Å². The lowest BCUT2D eigenvalue weighted by Gasteiger charge is -2.34. The molecular formula is C65H43NO. The number of furan rings is 1. The van der Waals surface area contributed by atoms with Crippen molar-refractivity contribution in [2.75, 3.05) is 4.90 Å². The molecule has 0 amide bonds. The van der Waals surface area contributed by atoms with E-state index in [0.717, 1.165) is 66.6 Å². The first kappa shape index (κ1) is 38.7. The van der Waals surface area contributed by atoms with E-state index in [1.807, 2.05) is 0 Å². The Bertz CT molecular complexity index is 3680. The van der Waals surface area contributed by atoms with Crippen LogP contribution in [0.25, 0.3) is 77.2 Å². The van der Waals surface area contributed by atoms with E-state index < -0.39 is 5.41 Å². The van der Waals surface area contributed by atoms with Crippen molar-refractivity contribution in [1.29, 1.82) is 0 Å². The molecule has 0 unspecified atom stereocenters. The third-order valence-corrected chi connectivity index (χ3v) is 13.9. The average molecular weight is 854 g/mol. The van der Waals surface area contributed by atoms with Crippen LogP contribution in [-0.4, -0.2) is 0 Å². The zero-order valence-corrected chi connectivity index (χ0v) is 36.7. The summed E-state index contributed by atoms with van der Waals surface area (Å²) in [5, 5.41) is 4.55. The van der Waals surface area contributed by atoms with Crippen LogP contribution >= 0.6 is 0 Å².